The minimum Gasteiger partial charge on any atom is -0.316 e. The molecule has 1 unspecified atom stereocenters. The molecular formula is C11H16ClFN2O2S. The van der Waals surface area contributed by atoms with Crippen LogP contribution in [0.5, 0.6) is 0 Å². The van der Waals surface area contributed by atoms with Crippen molar-refractivity contribution < 1.29 is 12.8 Å². The molecular weight excluding hydrogens is 279 g/mol. The lowest BCUT2D eigenvalue weighted by atomic mass is 10.3. The van der Waals surface area contributed by atoms with E-state index in [1.807, 2.05) is 7.05 Å². The third-order valence-corrected chi connectivity index (χ3v) is 4.89. The zero-order chi connectivity index (χ0) is 12.5. The largest absolute Gasteiger partial charge is 0.316 e. The number of rotatable bonds is 3. The number of hydrogen-bond acceptors (Lipinski definition) is 3. The topological polar surface area (TPSA) is 49.4 Å². The van der Waals surface area contributed by atoms with Crippen LogP contribution >= 0.6 is 12.4 Å². The highest BCUT2D eigenvalue weighted by molar-refractivity contribution is 7.89. The summed E-state index contributed by atoms with van der Waals surface area (Å²) in [6, 6.07) is 5.14. The second kappa shape index (κ2) is 5.97. The zero-order valence-electron chi connectivity index (χ0n) is 9.97. The lowest BCUT2D eigenvalue weighted by Crippen LogP contribution is -2.33. The lowest BCUT2D eigenvalue weighted by Gasteiger charge is -2.16. The Balaban J connectivity index is 0.00000162. The van der Waals surface area contributed by atoms with E-state index >= 15 is 0 Å². The van der Waals surface area contributed by atoms with E-state index in [-0.39, 0.29) is 23.3 Å². The van der Waals surface area contributed by atoms with Crippen molar-refractivity contribution in [2.75, 3.05) is 20.1 Å². The van der Waals surface area contributed by atoms with E-state index in [0.29, 0.717) is 13.1 Å². The Labute approximate surface area is 113 Å². The number of hydrogen-bond donors (Lipinski definition) is 1. The molecule has 0 radical (unpaired) electrons. The summed E-state index contributed by atoms with van der Waals surface area (Å²) in [5, 5.41) is 3.06. The summed E-state index contributed by atoms with van der Waals surface area (Å²) in [4.78, 5) is 0.149. The molecule has 1 aliphatic heterocycles. The number of nitrogens with zero attached hydrogens (tertiary/aromatic N) is 1. The van der Waals surface area contributed by atoms with Crippen LogP contribution in [0.15, 0.2) is 29.2 Å². The molecule has 0 spiro atoms. The number of nitrogens with one attached hydrogen (secondary N) is 1. The van der Waals surface area contributed by atoms with Gasteiger partial charge in [-0.1, -0.05) is 0 Å². The Bertz CT molecular complexity index is 492. The maximum absolute atomic E-state index is 12.8. The first kappa shape index (κ1) is 15.4. The van der Waals surface area contributed by atoms with Crippen LogP contribution in [0.25, 0.3) is 0 Å². The van der Waals surface area contributed by atoms with Gasteiger partial charge < -0.3 is 5.32 Å². The molecule has 18 heavy (non-hydrogen) atoms. The zero-order valence-corrected chi connectivity index (χ0v) is 11.6. The molecule has 0 aliphatic carbocycles. The Hall–Kier alpha value is -0.690. The first-order valence-corrected chi connectivity index (χ1v) is 6.91. The molecule has 0 amide bonds. The average Bonchev–Trinajstić information content (AvgIpc) is 2.78. The molecule has 0 bridgehead atoms. The lowest BCUT2D eigenvalue weighted by molar-refractivity contribution is 0.464. The quantitative estimate of drug-likeness (QED) is 0.912. The SMILES string of the molecule is CNC1CCN(S(=O)(=O)c2ccc(F)cc2)C1.Cl. The van der Waals surface area contributed by atoms with Crippen molar-refractivity contribution in [3.63, 3.8) is 0 Å². The monoisotopic (exact) mass is 294 g/mol. The van der Waals surface area contributed by atoms with Gasteiger partial charge in [-0.05, 0) is 37.7 Å². The molecule has 0 saturated carbocycles. The van der Waals surface area contributed by atoms with Crippen molar-refractivity contribution in [2.24, 2.45) is 0 Å². The van der Waals surface area contributed by atoms with Crippen molar-refractivity contribution in [1.29, 1.82) is 0 Å². The van der Waals surface area contributed by atoms with E-state index in [9.17, 15) is 12.8 Å². The number of sulfonamides is 1. The first-order valence-electron chi connectivity index (χ1n) is 5.47. The Kier molecular flexibility index (Phi) is 5.10. The molecule has 4 nitrogen and oxygen atoms in total. The number of benzene rings is 1. The normalized spacial score (nSPS) is 20.7. The molecule has 1 aromatic rings. The van der Waals surface area contributed by atoms with Gasteiger partial charge in [-0.2, -0.15) is 4.31 Å². The van der Waals surface area contributed by atoms with Crippen LogP contribution in [0.1, 0.15) is 6.42 Å². The van der Waals surface area contributed by atoms with Crippen LogP contribution in [0.3, 0.4) is 0 Å². The van der Waals surface area contributed by atoms with E-state index in [2.05, 4.69) is 5.32 Å². The highest BCUT2D eigenvalue weighted by Gasteiger charge is 2.31. The second-order valence-corrected chi connectivity index (χ2v) is 6.03. The van der Waals surface area contributed by atoms with Crippen molar-refractivity contribution in [3.8, 4) is 0 Å². The maximum Gasteiger partial charge on any atom is 0.243 e. The van der Waals surface area contributed by atoms with Crippen molar-refractivity contribution >= 4 is 22.4 Å². The summed E-state index contributed by atoms with van der Waals surface area (Å²) >= 11 is 0. The first-order chi connectivity index (χ1) is 8.04. The fraction of sp³-hybridized carbons (Fsp3) is 0.455. The van der Waals surface area contributed by atoms with Gasteiger partial charge in [0.05, 0.1) is 4.90 Å². The van der Waals surface area contributed by atoms with E-state index in [4.69, 9.17) is 0 Å². The van der Waals surface area contributed by atoms with Gasteiger partial charge in [0.1, 0.15) is 5.82 Å². The fourth-order valence-electron chi connectivity index (χ4n) is 1.94. The van der Waals surface area contributed by atoms with Gasteiger partial charge in [-0.3, -0.25) is 0 Å². The predicted molar refractivity (Wildman–Crippen MR) is 69.9 cm³/mol. The number of likely N-dealkylation sites (N-methyl/N-ethyl adjacent to an activating group) is 1. The predicted octanol–water partition coefficient (Wildman–Crippen LogP) is 1.23. The van der Waals surface area contributed by atoms with Gasteiger partial charge in [-0.15, -0.1) is 12.4 Å². The van der Waals surface area contributed by atoms with Gasteiger partial charge in [0, 0.05) is 19.1 Å². The molecule has 1 atom stereocenters. The van der Waals surface area contributed by atoms with Crippen LogP contribution < -0.4 is 5.32 Å². The fourth-order valence-corrected chi connectivity index (χ4v) is 3.44. The number of halogens is 2. The molecule has 7 heteroatoms. The summed E-state index contributed by atoms with van der Waals surface area (Å²) in [5.74, 6) is -0.432. The Morgan fingerprint density at radius 3 is 2.44 bits per heavy atom. The van der Waals surface area contributed by atoms with Crippen LogP contribution in [0, 0.1) is 5.82 Å². The molecule has 102 valence electrons. The van der Waals surface area contributed by atoms with Crippen molar-refractivity contribution in [2.45, 2.75) is 17.4 Å². The van der Waals surface area contributed by atoms with Gasteiger partial charge in [0.2, 0.25) is 10.0 Å². The van der Waals surface area contributed by atoms with E-state index < -0.39 is 15.8 Å². The summed E-state index contributed by atoms with van der Waals surface area (Å²) in [6.07, 6.45) is 0.803. The molecule has 1 N–H and O–H groups in total. The molecule has 1 heterocycles. The second-order valence-electron chi connectivity index (χ2n) is 4.09. The molecule has 2 rings (SSSR count). The summed E-state index contributed by atoms with van der Waals surface area (Å²) in [7, 11) is -1.65. The molecule has 1 aliphatic rings. The summed E-state index contributed by atoms with van der Waals surface area (Å²) in [6.45, 7) is 0.974. The smallest absolute Gasteiger partial charge is 0.243 e. The molecule has 0 aromatic heterocycles. The van der Waals surface area contributed by atoms with E-state index in [0.717, 1.165) is 6.42 Å². The third kappa shape index (κ3) is 3.00. The molecule has 1 aromatic carbocycles. The highest BCUT2D eigenvalue weighted by atomic mass is 35.5. The van der Waals surface area contributed by atoms with E-state index in [1.54, 1.807) is 0 Å². The molecule has 1 fully saturated rings. The highest BCUT2D eigenvalue weighted by Crippen LogP contribution is 2.21. The maximum atomic E-state index is 12.8. The Morgan fingerprint density at radius 1 is 1.33 bits per heavy atom. The van der Waals surface area contributed by atoms with Crippen molar-refractivity contribution in [1.82, 2.24) is 9.62 Å². The Morgan fingerprint density at radius 2 is 1.94 bits per heavy atom. The van der Waals surface area contributed by atoms with Gasteiger partial charge in [0.15, 0.2) is 0 Å². The average molecular weight is 295 g/mol. The van der Waals surface area contributed by atoms with Gasteiger partial charge in [-0.25, -0.2) is 12.8 Å². The van der Waals surface area contributed by atoms with Crippen LogP contribution in [0.2, 0.25) is 0 Å². The minimum atomic E-state index is -3.47. The van der Waals surface area contributed by atoms with Crippen LogP contribution in [0.4, 0.5) is 4.39 Å². The van der Waals surface area contributed by atoms with Crippen LogP contribution in [-0.2, 0) is 10.0 Å². The molecule has 1 saturated heterocycles. The summed E-state index contributed by atoms with van der Waals surface area (Å²) < 4.78 is 38.5. The third-order valence-electron chi connectivity index (χ3n) is 3.01. The summed E-state index contributed by atoms with van der Waals surface area (Å²) in [5.41, 5.74) is 0. The van der Waals surface area contributed by atoms with Gasteiger partial charge in [0.25, 0.3) is 0 Å². The van der Waals surface area contributed by atoms with Crippen LogP contribution in [-0.4, -0.2) is 38.9 Å². The minimum absolute atomic E-state index is 0. The van der Waals surface area contributed by atoms with Gasteiger partial charge >= 0.3 is 0 Å². The van der Waals surface area contributed by atoms with E-state index in [1.165, 1.54) is 28.6 Å². The van der Waals surface area contributed by atoms with Crippen molar-refractivity contribution in [3.05, 3.63) is 30.1 Å². The standard InChI is InChI=1S/C11H15FN2O2S.ClH/c1-13-10-6-7-14(8-10)17(15,16)11-4-2-9(12)3-5-11;/h2-5,10,13H,6-8H2,1H3;1H.